The molecule has 2 fully saturated rings. The molecule has 3 aromatic rings. The Kier molecular flexibility index (Phi) is 8.20. The summed E-state index contributed by atoms with van der Waals surface area (Å²) in [6.07, 6.45) is -15.3. The summed E-state index contributed by atoms with van der Waals surface area (Å²) in [6, 6.07) is 9.38. The predicted octanol–water partition coefficient (Wildman–Crippen LogP) is -1.10. The van der Waals surface area contributed by atoms with Crippen LogP contribution in [0.15, 0.2) is 51.7 Å². The molecule has 2 aliphatic heterocycles. The Bertz CT molecular complexity index is 1420. The minimum atomic E-state index is -1.76. The van der Waals surface area contributed by atoms with E-state index < -0.39 is 79.2 Å². The zero-order chi connectivity index (χ0) is 29.6. The average molecular weight is 579 g/mol. The van der Waals surface area contributed by atoms with Gasteiger partial charge in [-0.15, -0.1) is 0 Å². The summed E-state index contributed by atoms with van der Waals surface area (Å²) >= 11 is 0. The second-order valence-corrected chi connectivity index (χ2v) is 9.94. The van der Waals surface area contributed by atoms with Gasteiger partial charge in [-0.2, -0.15) is 0 Å². The molecule has 0 aliphatic carbocycles. The zero-order valence-electron chi connectivity index (χ0n) is 21.5. The van der Waals surface area contributed by atoms with Crippen molar-refractivity contribution < 1.29 is 64.2 Å². The van der Waals surface area contributed by atoms with Gasteiger partial charge >= 0.3 is 0 Å². The first-order valence-corrected chi connectivity index (χ1v) is 12.7. The van der Waals surface area contributed by atoms with Crippen LogP contribution >= 0.6 is 0 Å². The highest BCUT2D eigenvalue weighted by Gasteiger charge is 2.50. The van der Waals surface area contributed by atoms with Crippen molar-refractivity contribution in [3.8, 4) is 28.6 Å². The van der Waals surface area contributed by atoms with Gasteiger partial charge in [0.15, 0.2) is 17.8 Å². The summed E-state index contributed by atoms with van der Waals surface area (Å²) < 4.78 is 28.4. The topological polar surface area (TPSA) is 229 Å². The van der Waals surface area contributed by atoms with Crippen molar-refractivity contribution in [3.05, 3.63) is 52.7 Å². The minimum Gasteiger partial charge on any atom is -0.508 e. The second kappa shape index (κ2) is 11.5. The largest absolute Gasteiger partial charge is 0.508 e. The van der Waals surface area contributed by atoms with Crippen molar-refractivity contribution in [2.45, 2.75) is 68.3 Å². The molecule has 1 aromatic heterocycles. The lowest BCUT2D eigenvalue weighted by atomic mass is 9.97. The predicted molar refractivity (Wildman–Crippen MR) is 137 cm³/mol. The summed E-state index contributed by atoms with van der Waals surface area (Å²) in [5, 5.41) is 81.4. The molecule has 0 amide bonds. The summed E-state index contributed by atoms with van der Waals surface area (Å²) in [4.78, 5) is 12.8. The maximum Gasteiger partial charge on any atom is 0.229 e. The van der Waals surface area contributed by atoms with Crippen molar-refractivity contribution in [2.24, 2.45) is 0 Å². The van der Waals surface area contributed by atoms with E-state index >= 15 is 0 Å². The summed E-state index contributed by atoms with van der Waals surface area (Å²) in [5.41, 5.74) is -0.182. The van der Waals surface area contributed by atoms with Crippen LogP contribution in [-0.4, -0.2) is 109 Å². The van der Waals surface area contributed by atoms with Crippen LogP contribution in [0, 0.1) is 0 Å². The summed E-state index contributed by atoms with van der Waals surface area (Å²) in [7, 11) is 0. The van der Waals surface area contributed by atoms with E-state index in [9.17, 15) is 45.6 Å². The highest BCUT2D eigenvalue weighted by Crippen LogP contribution is 2.35. The molecule has 0 saturated carbocycles. The lowest BCUT2D eigenvalue weighted by molar-refractivity contribution is -0.354. The van der Waals surface area contributed by atoms with Crippen LogP contribution in [0.2, 0.25) is 0 Å². The molecule has 5 rings (SSSR count). The van der Waals surface area contributed by atoms with Crippen molar-refractivity contribution in [3.63, 3.8) is 0 Å². The van der Waals surface area contributed by atoms with E-state index in [0.717, 1.165) is 6.07 Å². The van der Waals surface area contributed by atoms with Gasteiger partial charge in [0.05, 0.1) is 12.7 Å². The smallest absolute Gasteiger partial charge is 0.229 e. The maximum absolute atomic E-state index is 12.8. The van der Waals surface area contributed by atoms with E-state index in [1.54, 1.807) is 0 Å². The molecule has 2 saturated heterocycles. The highest BCUT2D eigenvalue weighted by atomic mass is 16.8. The van der Waals surface area contributed by atoms with E-state index in [1.165, 1.54) is 43.3 Å². The number of ether oxygens (including phenoxy) is 4. The number of aliphatic hydroxyl groups excluding tert-OH is 6. The van der Waals surface area contributed by atoms with Crippen molar-refractivity contribution in [1.82, 2.24) is 0 Å². The number of hydrogen-bond donors (Lipinski definition) is 8. The molecule has 222 valence electrons. The Labute approximate surface area is 231 Å². The van der Waals surface area contributed by atoms with E-state index in [2.05, 4.69) is 0 Å². The number of phenols is 2. The first kappa shape index (κ1) is 29.2. The number of benzene rings is 2. The van der Waals surface area contributed by atoms with Crippen LogP contribution in [0.5, 0.6) is 17.2 Å². The first-order chi connectivity index (χ1) is 19.5. The van der Waals surface area contributed by atoms with Gasteiger partial charge in [-0.05, 0) is 31.2 Å². The van der Waals surface area contributed by atoms with Gasteiger partial charge in [0.2, 0.25) is 6.29 Å². The van der Waals surface area contributed by atoms with Gasteiger partial charge in [-0.3, -0.25) is 4.79 Å². The van der Waals surface area contributed by atoms with E-state index in [0.29, 0.717) is 5.56 Å². The summed E-state index contributed by atoms with van der Waals surface area (Å²) in [6.45, 7) is 0.704. The third-order valence-electron chi connectivity index (χ3n) is 7.11. The Balaban J connectivity index is 1.47. The molecule has 0 bridgehead atoms. The molecular formula is C27H30O14. The fraction of sp³-hybridized carbons (Fsp3) is 0.444. The fourth-order valence-corrected chi connectivity index (χ4v) is 4.79. The third kappa shape index (κ3) is 5.61. The van der Waals surface area contributed by atoms with Crippen LogP contribution in [-0.2, 0) is 14.2 Å². The van der Waals surface area contributed by atoms with Gasteiger partial charge in [-0.1, -0.05) is 0 Å². The molecule has 41 heavy (non-hydrogen) atoms. The normalized spacial score (nSPS) is 34.0. The first-order valence-electron chi connectivity index (χ1n) is 12.7. The van der Waals surface area contributed by atoms with Gasteiger partial charge in [0.1, 0.15) is 70.6 Å². The van der Waals surface area contributed by atoms with Crippen LogP contribution in [0.1, 0.15) is 6.92 Å². The lowest BCUT2D eigenvalue weighted by Crippen LogP contribution is -2.64. The molecule has 2 aliphatic rings. The Morgan fingerprint density at radius 2 is 1.54 bits per heavy atom. The van der Waals surface area contributed by atoms with Gasteiger partial charge in [0, 0.05) is 23.8 Å². The molecule has 14 heteroatoms. The Morgan fingerprint density at radius 1 is 0.829 bits per heavy atom. The van der Waals surface area contributed by atoms with Gasteiger partial charge in [-0.25, -0.2) is 0 Å². The van der Waals surface area contributed by atoms with Gasteiger partial charge < -0.3 is 64.2 Å². The number of fused-ring (bicyclic) bond motifs is 1. The number of phenolic OH excluding ortho intramolecular Hbond substituents is 2. The molecule has 0 unspecified atom stereocenters. The van der Waals surface area contributed by atoms with Crippen LogP contribution in [0.4, 0.5) is 0 Å². The Hall–Kier alpha value is -3.31. The minimum absolute atomic E-state index is 0.00857. The molecule has 0 radical (unpaired) electrons. The monoisotopic (exact) mass is 578 g/mol. The van der Waals surface area contributed by atoms with Crippen molar-refractivity contribution in [2.75, 3.05) is 6.61 Å². The average Bonchev–Trinajstić information content (AvgIpc) is 2.94. The quantitative estimate of drug-likeness (QED) is 0.174. The van der Waals surface area contributed by atoms with Crippen LogP contribution < -0.4 is 10.2 Å². The van der Waals surface area contributed by atoms with Gasteiger partial charge in [0.25, 0.3) is 0 Å². The molecular weight excluding hydrogens is 548 g/mol. The molecule has 0 spiro atoms. The fourth-order valence-electron chi connectivity index (χ4n) is 4.79. The number of aromatic hydroxyl groups is 2. The van der Waals surface area contributed by atoms with Crippen molar-refractivity contribution in [1.29, 1.82) is 0 Å². The van der Waals surface area contributed by atoms with Crippen LogP contribution in [0.3, 0.4) is 0 Å². The highest BCUT2D eigenvalue weighted by molar-refractivity contribution is 5.86. The molecule has 14 nitrogen and oxygen atoms in total. The lowest BCUT2D eigenvalue weighted by Gasteiger charge is -2.45. The van der Waals surface area contributed by atoms with E-state index in [1.807, 2.05) is 0 Å². The van der Waals surface area contributed by atoms with Crippen LogP contribution in [0.25, 0.3) is 22.3 Å². The van der Waals surface area contributed by atoms with Crippen molar-refractivity contribution >= 4 is 11.0 Å². The van der Waals surface area contributed by atoms with E-state index in [-0.39, 0.29) is 28.2 Å². The standard InChI is InChI=1S/C27H30O14/c1-10-20(32)22(34)24(36)26(37-10)41-25-23(35)21(33)18(9-28)40-27(25)38-13-6-14(30)19-15(31)8-16(39-17(19)7-13)11-2-4-12(29)5-3-11/h2-8,10,18,20-30,32-36H,9H2,1H3/t10-,18+,20-,21+,22+,23-,24+,25+,26-,27-/m1/s1. The number of hydrogen-bond acceptors (Lipinski definition) is 14. The second-order valence-electron chi connectivity index (χ2n) is 9.94. The number of aliphatic hydroxyl groups is 6. The Morgan fingerprint density at radius 3 is 2.22 bits per heavy atom. The maximum atomic E-state index is 12.8. The SMILES string of the molecule is C[C@H]1O[C@H](O[C@@H]2[C@H](Oc3cc(O)c4c(=O)cc(-c5ccc(O)cc5)oc4c3)O[C@@H](CO)[C@H](O)[C@H]2O)[C@@H](O)[C@@H](O)[C@@H]1O. The molecule has 2 aromatic carbocycles. The molecule has 3 heterocycles. The molecule has 8 N–H and O–H groups in total. The molecule has 10 atom stereocenters. The summed E-state index contributed by atoms with van der Waals surface area (Å²) in [5.74, 6) is -0.498. The number of rotatable bonds is 6. The van der Waals surface area contributed by atoms with E-state index in [4.69, 9.17) is 23.4 Å². The zero-order valence-corrected chi connectivity index (χ0v) is 21.5. The third-order valence-corrected chi connectivity index (χ3v) is 7.11.